The molecular formula is C22H22FN3O4S. The van der Waals surface area contributed by atoms with Crippen LogP contribution >= 0.6 is 0 Å². The number of anilines is 1. The first-order chi connectivity index (χ1) is 15.1. The molecule has 1 fully saturated rings. The van der Waals surface area contributed by atoms with E-state index in [4.69, 9.17) is 9.47 Å². The van der Waals surface area contributed by atoms with Crippen LogP contribution in [-0.2, 0) is 15.8 Å². The lowest BCUT2D eigenvalue weighted by molar-refractivity contribution is -0.114. The van der Waals surface area contributed by atoms with Crippen LogP contribution < -0.4 is 19.1 Å². The quantitative estimate of drug-likeness (QED) is 0.783. The molecule has 3 atom stereocenters. The number of hydrogen-bond acceptors (Lipinski definition) is 6. The second kappa shape index (κ2) is 8.30. The lowest BCUT2D eigenvalue weighted by Crippen LogP contribution is -2.41. The molecule has 1 saturated heterocycles. The topological polar surface area (TPSA) is 80.8 Å². The molecule has 0 saturated carbocycles. The Balaban J connectivity index is 1.31. The number of piperidine rings is 1. The molecule has 7 nitrogen and oxygen atoms in total. The van der Waals surface area contributed by atoms with Crippen LogP contribution in [0.5, 0.6) is 11.5 Å². The van der Waals surface area contributed by atoms with Gasteiger partial charge in [0, 0.05) is 30.2 Å². The van der Waals surface area contributed by atoms with E-state index in [9.17, 15) is 13.4 Å². The molecule has 9 heteroatoms. The van der Waals surface area contributed by atoms with E-state index >= 15 is 0 Å². The van der Waals surface area contributed by atoms with Crippen molar-refractivity contribution in [2.45, 2.75) is 31.3 Å². The van der Waals surface area contributed by atoms with Gasteiger partial charge >= 0.3 is 0 Å². The lowest BCUT2D eigenvalue weighted by Gasteiger charge is -2.34. The summed E-state index contributed by atoms with van der Waals surface area (Å²) in [4.78, 5) is 18.5. The van der Waals surface area contributed by atoms with Crippen molar-refractivity contribution in [1.29, 1.82) is 0 Å². The molecule has 1 amide bonds. The van der Waals surface area contributed by atoms with Crippen molar-refractivity contribution in [2.24, 2.45) is 0 Å². The number of halogens is 1. The van der Waals surface area contributed by atoms with Crippen molar-refractivity contribution < 1.29 is 22.9 Å². The third-order valence-corrected chi connectivity index (χ3v) is 6.98. The van der Waals surface area contributed by atoms with Gasteiger partial charge in [0.05, 0.1) is 24.3 Å². The number of hydrogen-bond donors (Lipinski definition) is 1. The normalized spacial score (nSPS) is 25.3. The Labute approximate surface area is 181 Å². The molecule has 3 aliphatic heterocycles. The molecule has 1 aromatic carbocycles. The van der Waals surface area contributed by atoms with Crippen LogP contribution in [0.25, 0.3) is 0 Å². The van der Waals surface area contributed by atoms with Gasteiger partial charge in [-0.25, -0.2) is 13.6 Å². The van der Waals surface area contributed by atoms with Crippen molar-refractivity contribution in [3.63, 3.8) is 0 Å². The van der Waals surface area contributed by atoms with Gasteiger partial charge in [0.2, 0.25) is 0 Å². The second-order valence-electron chi connectivity index (χ2n) is 7.83. The maximum absolute atomic E-state index is 13.2. The average Bonchev–Trinajstić information content (AvgIpc) is 3.11. The Bertz CT molecular complexity index is 1060. The summed E-state index contributed by atoms with van der Waals surface area (Å²) in [5.74, 6) is 1.35. The number of benzene rings is 1. The largest absolute Gasteiger partial charge is 0.493 e. The maximum Gasteiger partial charge on any atom is 0.256 e. The van der Waals surface area contributed by atoms with E-state index in [1.165, 1.54) is 18.3 Å². The first-order valence-corrected chi connectivity index (χ1v) is 11.5. The number of amides is 1. The molecule has 1 N–H and O–H groups in total. The Kier molecular flexibility index (Phi) is 5.35. The number of ether oxygens (including phenoxy) is 2. The average molecular weight is 444 g/mol. The molecule has 3 aliphatic rings. The number of rotatable bonds is 4. The van der Waals surface area contributed by atoms with E-state index in [-0.39, 0.29) is 23.7 Å². The number of aromatic nitrogens is 1. The first-order valence-electron chi connectivity index (χ1n) is 10.3. The molecule has 0 spiro atoms. The van der Waals surface area contributed by atoms with Crippen LogP contribution in [0.3, 0.4) is 0 Å². The highest BCUT2D eigenvalue weighted by Gasteiger charge is 2.33. The zero-order chi connectivity index (χ0) is 21.4. The van der Waals surface area contributed by atoms with Crippen molar-refractivity contribution in [1.82, 2.24) is 9.71 Å². The van der Waals surface area contributed by atoms with Gasteiger partial charge in [-0.3, -0.25) is 9.52 Å². The van der Waals surface area contributed by atoms with Crippen molar-refractivity contribution in [2.75, 3.05) is 24.6 Å². The zero-order valence-electron chi connectivity index (χ0n) is 16.8. The maximum atomic E-state index is 13.2. The summed E-state index contributed by atoms with van der Waals surface area (Å²) < 4.78 is 39.9. The van der Waals surface area contributed by atoms with E-state index < -0.39 is 11.0 Å². The summed E-state index contributed by atoms with van der Waals surface area (Å²) in [6.07, 6.45) is 5.17. The summed E-state index contributed by atoms with van der Waals surface area (Å²) >= 11 is 0. The second-order valence-corrected chi connectivity index (χ2v) is 9.05. The highest BCUT2D eigenvalue weighted by molar-refractivity contribution is 7.88. The summed E-state index contributed by atoms with van der Waals surface area (Å²) in [5, 5.41) is 0. The molecule has 4 heterocycles. The Hall–Kier alpha value is -2.94. The lowest BCUT2D eigenvalue weighted by atomic mass is 9.92. The van der Waals surface area contributed by atoms with E-state index in [2.05, 4.69) is 14.6 Å². The fourth-order valence-electron chi connectivity index (χ4n) is 4.32. The SMILES string of the molecule is O=C1C=C(C2CCOc3cc(OC4CCCN(c5ccc(F)cn5)C4)ccc32)S(=O)N1. The summed E-state index contributed by atoms with van der Waals surface area (Å²) in [7, 11) is -1.49. The molecule has 2 aromatic rings. The fraction of sp³-hybridized carbons (Fsp3) is 0.364. The van der Waals surface area contributed by atoms with Crippen molar-refractivity contribution in [3.05, 3.63) is 58.9 Å². The van der Waals surface area contributed by atoms with Gasteiger partial charge in [0.1, 0.15) is 40.2 Å². The van der Waals surface area contributed by atoms with E-state index in [1.807, 2.05) is 18.2 Å². The third-order valence-electron chi connectivity index (χ3n) is 5.77. The Morgan fingerprint density at radius 1 is 1.26 bits per heavy atom. The van der Waals surface area contributed by atoms with Crippen molar-refractivity contribution >= 4 is 22.7 Å². The molecule has 0 bridgehead atoms. The third kappa shape index (κ3) is 4.14. The molecule has 0 radical (unpaired) electrons. The fourth-order valence-corrected chi connectivity index (χ4v) is 5.40. The highest BCUT2D eigenvalue weighted by atomic mass is 32.2. The van der Waals surface area contributed by atoms with Gasteiger partial charge in [-0.05, 0) is 37.5 Å². The Morgan fingerprint density at radius 3 is 2.94 bits per heavy atom. The predicted octanol–water partition coefficient (Wildman–Crippen LogP) is 2.81. The number of carbonyl (C=O) groups is 1. The molecule has 31 heavy (non-hydrogen) atoms. The minimum absolute atomic E-state index is 0.0232. The highest BCUT2D eigenvalue weighted by Crippen LogP contribution is 2.42. The van der Waals surface area contributed by atoms with Crippen LogP contribution in [0.15, 0.2) is 47.5 Å². The van der Waals surface area contributed by atoms with Gasteiger partial charge in [-0.15, -0.1) is 0 Å². The number of nitrogens with zero attached hydrogens (tertiary/aromatic N) is 2. The number of fused-ring (bicyclic) bond motifs is 1. The monoisotopic (exact) mass is 443 g/mol. The van der Waals surface area contributed by atoms with Gasteiger partial charge in [0.15, 0.2) is 0 Å². The zero-order valence-corrected chi connectivity index (χ0v) is 17.6. The molecule has 162 valence electrons. The van der Waals surface area contributed by atoms with Gasteiger partial charge in [-0.2, -0.15) is 0 Å². The molecular weight excluding hydrogens is 421 g/mol. The van der Waals surface area contributed by atoms with Crippen LogP contribution in [0.1, 0.15) is 30.7 Å². The van der Waals surface area contributed by atoms with E-state index in [1.54, 1.807) is 6.07 Å². The first kappa shape index (κ1) is 20.0. The van der Waals surface area contributed by atoms with Crippen LogP contribution in [-0.4, -0.2) is 40.9 Å². The van der Waals surface area contributed by atoms with Crippen molar-refractivity contribution in [3.8, 4) is 11.5 Å². The summed E-state index contributed by atoms with van der Waals surface area (Å²) in [6, 6.07) is 8.79. The van der Waals surface area contributed by atoms with Crippen LogP contribution in [0.4, 0.5) is 10.2 Å². The van der Waals surface area contributed by atoms with Gasteiger partial charge in [-0.1, -0.05) is 6.07 Å². The van der Waals surface area contributed by atoms with Gasteiger partial charge in [0.25, 0.3) is 5.91 Å². The molecule has 0 aliphatic carbocycles. The smallest absolute Gasteiger partial charge is 0.256 e. The Morgan fingerprint density at radius 2 is 2.16 bits per heavy atom. The summed E-state index contributed by atoms with van der Waals surface area (Å²) in [6.45, 7) is 2.00. The van der Waals surface area contributed by atoms with E-state index in [0.29, 0.717) is 36.0 Å². The number of nitrogens with one attached hydrogen (secondary N) is 1. The molecule has 1 aromatic heterocycles. The number of carbonyl (C=O) groups excluding carboxylic acids is 1. The van der Waals surface area contributed by atoms with Gasteiger partial charge < -0.3 is 14.4 Å². The standard InChI is InChI=1S/C22H22FN3O4S/c23-14-3-6-21(24-12-14)26-8-1-2-16(13-26)30-15-4-5-17-18(7-9-29-19(17)10-15)20-11-22(27)25-31(20)28/h3-6,10-12,16,18H,1-2,7-9,13H2,(H,25,27). The summed E-state index contributed by atoms with van der Waals surface area (Å²) in [5.41, 5.74) is 0.912. The van der Waals surface area contributed by atoms with Crippen LogP contribution in [0.2, 0.25) is 0 Å². The van der Waals surface area contributed by atoms with E-state index in [0.717, 1.165) is 30.8 Å². The molecule has 3 unspecified atom stereocenters. The predicted molar refractivity (Wildman–Crippen MR) is 114 cm³/mol. The number of pyridine rings is 1. The van der Waals surface area contributed by atoms with Crippen LogP contribution in [0, 0.1) is 5.82 Å². The number of allylic oxidation sites excluding steroid dienone is 1. The minimum Gasteiger partial charge on any atom is -0.493 e. The minimum atomic E-state index is -1.49. The molecule has 5 rings (SSSR count).